The van der Waals surface area contributed by atoms with Crippen molar-refractivity contribution in [2.24, 2.45) is 5.92 Å². The van der Waals surface area contributed by atoms with Gasteiger partial charge in [0.05, 0.1) is 16.6 Å². The van der Waals surface area contributed by atoms with Crippen molar-refractivity contribution >= 4 is 28.6 Å². The van der Waals surface area contributed by atoms with Gasteiger partial charge in [0.2, 0.25) is 11.7 Å². The highest BCUT2D eigenvalue weighted by atomic mass is 19.4. The average Bonchev–Trinajstić information content (AvgIpc) is 3.66. The quantitative estimate of drug-likeness (QED) is 0.151. The van der Waals surface area contributed by atoms with Gasteiger partial charge in [-0.15, -0.1) is 0 Å². The minimum Gasteiger partial charge on any atom is -0.481 e. The monoisotopic (exact) mass is 656 g/mol. The lowest BCUT2D eigenvalue weighted by atomic mass is 9.77. The molecule has 244 valence electrons. The molecule has 8 nitrogen and oxygen atoms in total. The Bertz CT molecular complexity index is 1940. The fourth-order valence-corrected chi connectivity index (χ4v) is 5.97. The molecule has 0 aliphatic heterocycles. The van der Waals surface area contributed by atoms with Crippen molar-refractivity contribution < 1.29 is 45.5 Å². The van der Waals surface area contributed by atoms with Gasteiger partial charge < -0.3 is 19.8 Å². The normalized spacial score (nSPS) is 17.1. The molecular formula is C33H26F6N4O4. The Hall–Kier alpha value is -5.14. The minimum absolute atomic E-state index is 0.0833. The maximum absolute atomic E-state index is 13.8. The number of hydrogen-bond acceptors (Lipinski definition) is 5. The van der Waals surface area contributed by atoms with Crippen LogP contribution in [0.5, 0.6) is 0 Å². The molecule has 0 atom stereocenters. The summed E-state index contributed by atoms with van der Waals surface area (Å²) in [6.07, 6.45) is -6.38. The Labute approximate surface area is 262 Å². The number of anilines is 1. The Morgan fingerprint density at radius 3 is 2.26 bits per heavy atom. The van der Waals surface area contributed by atoms with Gasteiger partial charge in [-0.3, -0.25) is 9.59 Å². The third-order valence-electron chi connectivity index (χ3n) is 8.27. The summed E-state index contributed by atoms with van der Waals surface area (Å²) in [5.74, 6) is -3.87. The number of nitrogens with zero attached hydrogens (tertiary/aromatic N) is 2. The molecule has 0 bridgehead atoms. The first-order valence-electron chi connectivity index (χ1n) is 14.6. The highest BCUT2D eigenvalue weighted by Gasteiger charge is 2.43. The second-order valence-electron chi connectivity index (χ2n) is 11.4. The Kier molecular flexibility index (Phi) is 8.28. The van der Waals surface area contributed by atoms with Crippen molar-refractivity contribution in [3.63, 3.8) is 0 Å². The van der Waals surface area contributed by atoms with Crippen molar-refractivity contribution in [2.45, 2.75) is 50.4 Å². The van der Waals surface area contributed by atoms with E-state index >= 15 is 0 Å². The number of nitrogens with one attached hydrogen (secondary N) is 2. The Balaban J connectivity index is 1.20. The molecule has 47 heavy (non-hydrogen) atoms. The van der Waals surface area contributed by atoms with E-state index < -0.39 is 52.7 Å². The first kappa shape index (κ1) is 31.8. The molecule has 14 heteroatoms. The van der Waals surface area contributed by atoms with Crippen LogP contribution in [0.2, 0.25) is 0 Å². The van der Waals surface area contributed by atoms with Crippen molar-refractivity contribution in [3.05, 3.63) is 89.3 Å². The summed E-state index contributed by atoms with van der Waals surface area (Å²) in [5.41, 5.74) is -0.231. The number of carboxylic acid groups (broad SMARTS) is 1. The molecule has 0 radical (unpaired) electrons. The number of rotatable bonds is 7. The van der Waals surface area contributed by atoms with Crippen LogP contribution in [-0.2, 0) is 17.1 Å². The van der Waals surface area contributed by atoms with Crippen molar-refractivity contribution in [3.8, 4) is 22.8 Å². The summed E-state index contributed by atoms with van der Waals surface area (Å²) in [5, 5.41) is 11.4. The van der Waals surface area contributed by atoms with Crippen LogP contribution in [0.1, 0.15) is 65.4 Å². The number of carbonyl (C=O) groups is 2. The maximum Gasteiger partial charge on any atom is 0.452 e. The maximum atomic E-state index is 13.8. The smallest absolute Gasteiger partial charge is 0.452 e. The predicted molar refractivity (Wildman–Crippen MR) is 158 cm³/mol. The van der Waals surface area contributed by atoms with Crippen LogP contribution in [0.4, 0.5) is 32.0 Å². The Morgan fingerprint density at radius 1 is 0.894 bits per heavy atom. The number of imidazole rings is 1. The molecule has 1 aliphatic carbocycles. The zero-order valence-electron chi connectivity index (χ0n) is 24.4. The van der Waals surface area contributed by atoms with Crippen LogP contribution in [0, 0.1) is 5.92 Å². The molecule has 6 rings (SSSR count). The van der Waals surface area contributed by atoms with Crippen molar-refractivity contribution in [1.82, 2.24) is 15.0 Å². The van der Waals surface area contributed by atoms with E-state index in [0.29, 0.717) is 28.8 Å². The lowest BCUT2D eigenvalue weighted by Crippen LogP contribution is -2.18. The average molecular weight is 657 g/mol. The lowest BCUT2D eigenvalue weighted by molar-refractivity contribution is -0.153. The van der Waals surface area contributed by atoms with Crippen LogP contribution in [0.25, 0.3) is 33.9 Å². The van der Waals surface area contributed by atoms with Gasteiger partial charge in [-0.1, -0.05) is 36.4 Å². The molecular weight excluding hydrogens is 630 g/mol. The second-order valence-corrected chi connectivity index (χ2v) is 11.4. The standard InChI is InChI=1S/C33H26F6N4O4/c34-32(35,36)23-4-2-1-3-22(23)31-43-27(28(47-31)33(37,38)39)30(46)40-21-13-14-24-25(16-21)42-29(41-24)20-11-9-19(10-12-20)18-7-5-17(6-8-18)15-26(44)45/h1-4,9-14,16-18H,5-8,15H2,(H,40,46)(H,41,42)(H,44,45). The zero-order chi connectivity index (χ0) is 33.5. The van der Waals surface area contributed by atoms with E-state index in [1.54, 1.807) is 6.07 Å². The SMILES string of the molecule is O=C(O)CC1CCC(c2ccc(-c3nc4ccc(NC(=O)c5nc(-c6ccccc6C(F)(F)F)oc5C(F)(F)F)cc4[nH]3)cc2)CC1. The van der Waals surface area contributed by atoms with E-state index in [4.69, 9.17) is 9.52 Å². The van der Waals surface area contributed by atoms with Gasteiger partial charge >= 0.3 is 18.3 Å². The highest BCUT2D eigenvalue weighted by Crippen LogP contribution is 2.41. The zero-order valence-corrected chi connectivity index (χ0v) is 24.4. The van der Waals surface area contributed by atoms with Crippen molar-refractivity contribution in [1.29, 1.82) is 0 Å². The topological polar surface area (TPSA) is 121 Å². The third kappa shape index (κ3) is 6.86. The molecule has 1 saturated carbocycles. The number of carbonyl (C=O) groups excluding carboxylic acids is 1. The molecule has 3 aromatic carbocycles. The van der Waals surface area contributed by atoms with E-state index in [1.807, 2.05) is 24.3 Å². The number of benzene rings is 3. The molecule has 3 N–H and O–H groups in total. The van der Waals surface area contributed by atoms with Gasteiger partial charge in [0, 0.05) is 23.2 Å². The molecule has 0 saturated heterocycles. The molecule has 2 heterocycles. The van der Waals surface area contributed by atoms with Crippen LogP contribution in [0.15, 0.2) is 71.1 Å². The lowest BCUT2D eigenvalue weighted by Gasteiger charge is -2.28. The number of alkyl halides is 6. The van der Waals surface area contributed by atoms with Gasteiger partial charge in [0.15, 0.2) is 5.69 Å². The molecule has 1 fully saturated rings. The van der Waals surface area contributed by atoms with Crippen LogP contribution >= 0.6 is 0 Å². The van der Waals surface area contributed by atoms with Gasteiger partial charge in [-0.25, -0.2) is 9.97 Å². The number of oxazole rings is 1. The summed E-state index contributed by atoms with van der Waals surface area (Å²) in [6, 6.07) is 16.1. The first-order chi connectivity index (χ1) is 22.3. The minimum atomic E-state index is -5.22. The number of aromatic amines is 1. The van der Waals surface area contributed by atoms with Crippen molar-refractivity contribution in [2.75, 3.05) is 5.32 Å². The molecule has 2 aromatic heterocycles. The Morgan fingerprint density at radius 2 is 1.60 bits per heavy atom. The second kappa shape index (κ2) is 12.2. The van der Waals surface area contributed by atoms with E-state index in [9.17, 15) is 35.9 Å². The number of halogens is 6. The van der Waals surface area contributed by atoms with E-state index in [0.717, 1.165) is 48.9 Å². The number of H-pyrrole nitrogens is 1. The summed E-state index contributed by atoms with van der Waals surface area (Å²) in [6.45, 7) is 0. The fraction of sp³-hybridized carbons (Fsp3) is 0.273. The molecule has 0 spiro atoms. The third-order valence-corrected chi connectivity index (χ3v) is 8.27. The van der Waals surface area contributed by atoms with Crippen LogP contribution in [-0.4, -0.2) is 31.9 Å². The number of fused-ring (bicyclic) bond motifs is 1. The summed E-state index contributed by atoms with van der Waals surface area (Å²) < 4.78 is 86.6. The number of hydrogen-bond donors (Lipinski definition) is 3. The fourth-order valence-electron chi connectivity index (χ4n) is 5.97. The van der Waals surface area contributed by atoms with Crippen LogP contribution in [0.3, 0.4) is 0 Å². The number of amides is 1. The summed E-state index contributed by atoms with van der Waals surface area (Å²) >= 11 is 0. The first-order valence-corrected chi connectivity index (χ1v) is 14.6. The molecule has 1 amide bonds. The molecule has 1 aliphatic rings. The van der Waals surface area contributed by atoms with Gasteiger partial charge in [0.25, 0.3) is 5.91 Å². The number of aromatic nitrogens is 3. The highest BCUT2D eigenvalue weighted by molar-refractivity contribution is 6.04. The predicted octanol–water partition coefficient (Wildman–Crippen LogP) is 8.92. The van der Waals surface area contributed by atoms with Crippen LogP contribution < -0.4 is 5.32 Å². The molecule has 5 aromatic rings. The largest absolute Gasteiger partial charge is 0.481 e. The van der Waals surface area contributed by atoms with Gasteiger partial charge in [0.1, 0.15) is 5.82 Å². The van der Waals surface area contributed by atoms with E-state index in [-0.39, 0.29) is 18.0 Å². The summed E-state index contributed by atoms with van der Waals surface area (Å²) in [4.78, 5) is 35.2. The van der Waals surface area contributed by atoms with Gasteiger partial charge in [-0.2, -0.15) is 26.3 Å². The number of aliphatic carboxylic acids is 1. The molecule has 0 unspecified atom stereocenters. The van der Waals surface area contributed by atoms with Gasteiger partial charge in [-0.05, 0) is 73.4 Å². The number of carboxylic acids is 1. The van der Waals surface area contributed by atoms with E-state index in [2.05, 4.69) is 20.3 Å². The summed E-state index contributed by atoms with van der Waals surface area (Å²) in [7, 11) is 0. The van der Waals surface area contributed by atoms with E-state index in [1.165, 1.54) is 18.2 Å².